The SMILES string of the molecule is CCCCC/C=C\C/C=C\CCCCCCCC(=O)O[C@H](COC(=O)CCCCCCCCCCCCCCC)COP(=O)(O)OC[C@H](O)COP(=O)(O)OC[C@@H](COC(=O)CCCCCCCCCCCCCCC)OC(=O)CCCCCCCCCCCCCCCCC. The molecular weight excluding hydrogens is 1260 g/mol. The van der Waals surface area contributed by atoms with E-state index in [0.717, 1.165) is 109 Å². The summed E-state index contributed by atoms with van der Waals surface area (Å²) in [5.74, 6) is -2.14. The minimum atomic E-state index is -4.96. The summed E-state index contributed by atoms with van der Waals surface area (Å²) in [4.78, 5) is 72.9. The lowest BCUT2D eigenvalue weighted by Gasteiger charge is -2.21. The molecule has 5 atom stereocenters. The largest absolute Gasteiger partial charge is 0.472 e. The highest BCUT2D eigenvalue weighted by Crippen LogP contribution is 2.45. The molecule has 0 aliphatic heterocycles. The average molecular weight is 1410 g/mol. The predicted molar refractivity (Wildman–Crippen MR) is 391 cm³/mol. The third kappa shape index (κ3) is 70.0. The number of rotatable bonds is 76. The Balaban J connectivity index is 5.30. The molecule has 0 amide bonds. The van der Waals surface area contributed by atoms with Gasteiger partial charge in [-0.05, 0) is 57.8 Å². The molecule has 0 heterocycles. The molecule has 2 unspecified atom stereocenters. The van der Waals surface area contributed by atoms with Crippen LogP contribution in [0.1, 0.15) is 387 Å². The van der Waals surface area contributed by atoms with Gasteiger partial charge in [0, 0.05) is 25.7 Å². The number of ether oxygens (including phenoxy) is 4. The molecule has 0 rings (SSSR count). The summed E-state index contributed by atoms with van der Waals surface area (Å²) in [6.07, 6.45) is 64.4. The fraction of sp³-hybridized carbons (Fsp3) is 0.896. The van der Waals surface area contributed by atoms with Crippen LogP contribution in [0, 0.1) is 0 Å². The third-order valence-corrected chi connectivity index (χ3v) is 19.4. The van der Waals surface area contributed by atoms with E-state index >= 15 is 0 Å². The van der Waals surface area contributed by atoms with E-state index in [4.69, 9.17) is 37.0 Å². The molecule has 0 aromatic heterocycles. The monoisotopic (exact) mass is 1410 g/mol. The van der Waals surface area contributed by atoms with Gasteiger partial charge in [0.15, 0.2) is 12.2 Å². The van der Waals surface area contributed by atoms with Crippen molar-refractivity contribution in [1.82, 2.24) is 0 Å². The summed E-state index contributed by atoms with van der Waals surface area (Å²) < 4.78 is 68.6. The molecule has 0 aromatic rings. The summed E-state index contributed by atoms with van der Waals surface area (Å²) in [6.45, 7) is 4.94. The van der Waals surface area contributed by atoms with Crippen LogP contribution in [0.3, 0.4) is 0 Å². The quantitative estimate of drug-likeness (QED) is 0.0169. The van der Waals surface area contributed by atoms with Crippen LogP contribution < -0.4 is 0 Å². The number of hydrogen-bond acceptors (Lipinski definition) is 15. The van der Waals surface area contributed by atoms with Crippen LogP contribution in [0.2, 0.25) is 0 Å². The molecule has 3 N–H and O–H groups in total. The molecule has 566 valence electrons. The Hall–Kier alpha value is -2.46. The fourth-order valence-electron chi connectivity index (χ4n) is 11.4. The molecule has 0 bridgehead atoms. The van der Waals surface area contributed by atoms with E-state index in [-0.39, 0.29) is 25.7 Å². The Kier molecular flexibility index (Phi) is 69.1. The van der Waals surface area contributed by atoms with Gasteiger partial charge in [0.25, 0.3) is 0 Å². The van der Waals surface area contributed by atoms with Crippen LogP contribution in [0.15, 0.2) is 24.3 Å². The lowest BCUT2D eigenvalue weighted by Crippen LogP contribution is -2.30. The van der Waals surface area contributed by atoms with Gasteiger partial charge in [-0.1, -0.05) is 328 Å². The van der Waals surface area contributed by atoms with Crippen molar-refractivity contribution in [2.75, 3.05) is 39.6 Å². The number of allylic oxidation sites excluding steroid dienone is 4. The number of unbranched alkanes of at least 4 members (excludes halogenated alkanes) is 46. The second kappa shape index (κ2) is 71.0. The number of carbonyl (C=O) groups excluding carboxylic acids is 4. The van der Waals surface area contributed by atoms with Gasteiger partial charge in [-0.25, -0.2) is 9.13 Å². The van der Waals surface area contributed by atoms with E-state index in [9.17, 15) is 43.2 Å². The minimum Gasteiger partial charge on any atom is -0.462 e. The van der Waals surface area contributed by atoms with Gasteiger partial charge < -0.3 is 33.8 Å². The number of phosphoric ester groups is 2. The molecule has 0 fully saturated rings. The first-order valence-corrected chi connectivity index (χ1v) is 42.6. The number of phosphoric acid groups is 2. The molecular formula is C77H146O17P2. The Labute approximate surface area is 586 Å². The summed E-state index contributed by atoms with van der Waals surface area (Å²) in [5, 5.41) is 10.6. The zero-order valence-electron chi connectivity index (χ0n) is 61.8. The zero-order valence-corrected chi connectivity index (χ0v) is 63.6. The maximum absolute atomic E-state index is 13.1. The molecule has 17 nitrogen and oxygen atoms in total. The first-order chi connectivity index (χ1) is 46.7. The van der Waals surface area contributed by atoms with Crippen molar-refractivity contribution >= 4 is 39.5 Å². The fourth-order valence-corrected chi connectivity index (χ4v) is 13.0. The molecule has 0 aliphatic rings. The Bertz CT molecular complexity index is 1920. The highest BCUT2D eigenvalue weighted by atomic mass is 31.2. The molecule has 0 spiro atoms. The topological polar surface area (TPSA) is 237 Å². The van der Waals surface area contributed by atoms with Crippen molar-refractivity contribution in [3.63, 3.8) is 0 Å². The van der Waals surface area contributed by atoms with Crippen molar-refractivity contribution in [2.24, 2.45) is 0 Å². The highest BCUT2D eigenvalue weighted by molar-refractivity contribution is 7.47. The second-order valence-electron chi connectivity index (χ2n) is 27.0. The number of hydrogen-bond donors (Lipinski definition) is 3. The van der Waals surface area contributed by atoms with Gasteiger partial charge >= 0.3 is 39.5 Å². The predicted octanol–water partition coefficient (Wildman–Crippen LogP) is 22.6. The summed E-state index contributed by atoms with van der Waals surface area (Å²) in [6, 6.07) is 0. The molecule has 0 aromatic carbocycles. The first-order valence-electron chi connectivity index (χ1n) is 39.6. The van der Waals surface area contributed by atoms with Crippen molar-refractivity contribution in [2.45, 2.75) is 406 Å². The summed E-state index contributed by atoms with van der Waals surface area (Å²) in [7, 11) is -9.92. The molecule has 0 saturated carbocycles. The van der Waals surface area contributed by atoms with Gasteiger partial charge in [0.2, 0.25) is 0 Å². The molecule has 0 saturated heterocycles. The maximum atomic E-state index is 13.1. The van der Waals surface area contributed by atoms with Gasteiger partial charge in [0.05, 0.1) is 26.4 Å². The lowest BCUT2D eigenvalue weighted by molar-refractivity contribution is -0.161. The first kappa shape index (κ1) is 93.5. The number of aliphatic hydroxyl groups excluding tert-OH is 1. The van der Waals surface area contributed by atoms with Crippen LogP contribution >= 0.6 is 15.6 Å². The second-order valence-corrected chi connectivity index (χ2v) is 29.9. The van der Waals surface area contributed by atoms with E-state index in [0.29, 0.717) is 25.7 Å². The van der Waals surface area contributed by atoms with Gasteiger partial charge in [-0.2, -0.15) is 0 Å². The standard InChI is InChI=1S/C77H146O17P2/c1-5-9-13-17-21-25-29-33-35-39-43-47-51-55-59-63-76(81)93-72(67-87-74(79)61-57-53-49-45-41-37-31-27-23-19-15-11-7-3)69-91-95(83,84)89-65-71(78)66-90-96(85,86)92-70-73(68-88-75(80)62-58-54-50-46-42-38-32-28-24-20-16-12-8-4)94-77(82)64-60-56-52-48-44-40-36-34-30-26-22-18-14-10-6-2/h21,25,33,35,71-73,78H,5-20,22-24,26-32,34,36-70H2,1-4H3,(H,83,84)(H,85,86)/b25-21-,35-33-/t71-,72+,73+/m0/s1. The summed E-state index contributed by atoms with van der Waals surface area (Å²) >= 11 is 0. The van der Waals surface area contributed by atoms with E-state index in [2.05, 4.69) is 52.0 Å². The van der Waals surface area contributed by atoms with E-state index in [1.54, 1.807) is 0 Å². The van der Waals surface area contributed by atoms with Crippen molar-refractivity contribution in [3.8, 4) is 0 Å². The van der Waals surface area contributed by atoms with Gasteiger partial charge in [-0.3, -0.25) is 37.3 Å². The van der Waals surface area contributed by atoms with Gasteiger partial charge in [0.1, 0.15) is 19.3 Å². The van der Waals surface area contributed by atoms with E-state index < -0.39 is 97.5 Å². The van der Waals surface area contributed by atoms with Crippen molar-refractivity contribution in [3.05, 3.63) is 24.3 Å². The van der Waals surface area contributed by atoms with Crippen molar-refractivity contribution in [1.29, 1.82) is 0 Å². The zero-order chi connectivity index (χ0) is 70.4. The molecule has 19 heteroatoms. The van der Waals surface area contributed by atoms with E-state index in [1.165, 1.54) is 199 Å². The smallest absolute Gasteiger partial charge is 0.462 e. The Morgan fingerprint density at radius 1 is 0.292 bits per heavy atom. The lowest BCUT2D eigenvalue weighted by atomic mass is 10.0. The maximum Gasteiger partial charge on any atom is 0.472 e. The number of carbonyl (C=O) groups is 4. The number of aliphatic hydroxyl groups is 1. The van der Waals surface area contributed by atoms with Crippen LogP contribution in [-0.2, 0) is 65.4 Å². The molecule has 0 aliphatic carbocycles. The highest BCUT2D eigenvalue weighted by Gasteiger charge is 2.30. The van der Waals surface area contributed by atoms with Crippen LogP contribution in [0.25, 0.3) is 0 Å². The minimum absolute atomic E-state index is 0.0875. The normalized spacial score (nSPS) is 14.0. The molecule has 96 heavy (non-hydrogen) atoms. The van der Waals surface area contributed by atoms with E-state index in [1.807, 2.05) is 0 Å². The van der Waals surface area contributed by atoms with Crippen LogP contribution in [0.4, 0.5) is 0 Å². The number of esters is 4. The van der Waals surface area contributed by atoms with Crippen LogP contribution in [-0.4, -0.2) is 96.7 Å². The Morgan fingerprint density at radius 2 is 0.510 bits per heavy atom. The molecule has 0 radical (unpaired) electrons. The average Bonchev–Trinajstić information content (AvgIpc) is 1.19. The van der Waals surface area contributed by atoms with Crippen LogP contribution in [0.5, 0.6) is 0 Å². The van der Waals surface area contributed by atoms with Crippen molar-refractivity contribution < 1.29 is 80.2 Å². The Morgan fingerprint density at radius 3 is 0.792 bits per heavy atom. The third-order valence-electron chi connectivity index (χ3n) is 17.4. The van der Waals surface area contributed by atoms with Gasteiger partial charge in [-0.15, -0.1) is 0 Å². The summed E-state index contributed by atoms with van der Waals surface area (Å²) in [5.41, 5.74) is 0.